The highest BCUT2D eigenvalue weighted by atomic mass is 16.4. The molecule has 4 N–H and O–H groups in total. The van der Waals surface area contributed by atoms with E-state index >= 15 is 0 Å². The Bertz CT molecular complexity index is 149. The van der Waals surface area contributed by atoms with Gasteiger partial charge >= 0.3 is 6.09 Å². The minimum absolute atomic E-state index is 0.0137. The average molecular weight is 158 g/mol. The lowest BCUT2D eigenvalue weighted by Crippen LogP contribution is -2.48. The van der Waals surface area contributed by atoms with Gasteiger partial charge in [-0.3, -0.25) is 0 Å². The fraction of sp³-hybridized carbons (Fsp3) is 0.857. The molecule has 0 bridgehead atoms. The first kappa shape index (κ1) is 8.33. The van der Waals surface area contributed by atoms with Gasteiger partial charge in [0.1, 0.15) is 0 Å². The number of carboxylic acid groups (broad SMARTS) is 1. The minimum atomic E-state index is -0.965. The van der Waals surface area contributed by atoms with E-state index < -0.39 is 6.09 Å². The summed E-state index contributed by atoms with van der Waals surface area (Å²) >= 11 is 0. The van der Waals surface area contributed by atoms with Crippen molar-refractivity contribution in [1.82, 2.24) is 5.32 Å². The molecule has 4 nitrogen and oxygen atoms in total. The van der Waals surface area contributed by atoms with Crippen LogP contribution in [0.2, 0.25) is 0 Å². The third-order valence-electron chi connectivity index (χ3n) is 2.13. The van der Waals surface area contributed by atoms with Crippen molar-refractivity contribution < 1.29 is 9.90 Å². The average Bonchev–Trinajstić information content (AvgIpc) is 1.93. The van der Waals surface area contributed by atoms with E-state index in [4.69, 9.17) is 10.8 Å². The molecule has 0 saturated heterocycles. The number of nitrogens with two attached hydrogens (primary N) is 1. The number of hydrogen-bond donors (Lipinski definition) is 3. The van der Waals surface area contributed by atoms with Crippen molar-refractivity contribution in [3.8, 4) is 0 Å². The lowest BCUT2D eigenvalue weighted by molar-refractivity contribution is 0.183. The summed E-state index contributed by atoms with van der Waals surface area (Å²) in [5.41, 5.74) is 5.70. The third-order valence-corrected chi connectivity index (χ3v) is 2.13. The van der Waals surface area contributed by atoms with E-state index in [2.05, 4.69) is 5.32 Å². The Labute approximate surface area is 65.8 Å². The smallest absolute Gasteiger partial charge is 0.404 e. The fourth-order valence-corrected chi connectivity index (χ4v) is 1.50. The van der Waals surface area contributed by atoms with Gasteiger partial charge < -0.3 is 16.2 Å². The zero-order chi connectivity index (χ0) is 8.27. The molecule has 1 aliphatic carbocycles. The zero-order valence-electron chi connectivity index (χ0n) is 6.42. The molecule has 1 saturated carbocycles. The maximum absolute atomic E-state index is 10.2. The van der Waals surface area contributed by atoms with Crippen LogP contribution in [0.25, 0.3) is 0 Å². The van der Waals surface area contributed by atoms with E-state index in [-0.39, 0.29) is 12.1 Å². The summed E-state index contributed by atoms with van der Waals surface area (Å²) in [4.78, 5) is 10.2. The monoisotopic (exact) mass is 158 g/mol. The van der Waals surface area contributed by atoms with Gasteiger partial charge in [0.05, 0.1) is 0 Å². The molecule has 1 aliphatic rings. The summed E-state index contributed by atoms with van der Waals surface area (Å²) in [7, 11) is 0. The van der Waals surface area contributed by atoms with E-state index in [9.17, 15) is 4.79 Å². The second-order valence-electron chi connectivity index (χ2n) is 3.00. The van der Waals surface area contributed by atoms with E-state index in [1.54, 1.807) is 0 Å². The molecule has 1 amide bonds. The predicted molar refractivity (Wildman–Crippen MR) is 41.4 cm³/mol. The molecule has 2 atom stereocenters. The lowest BCUT2D eigenvalue weighted by atomic mass is 9.91. The molecule has 11 heavy (non-hydrogen) atoms. The van der Waals surface area contributed by atoms with Crippen LogP contribution in [0.5, 0.6) is 0 Å². The highest BCUT2D eigenvalue weighted by Gasteiger charge is 2.22. The van der Waals surface area contributed by atoms with Crippen molar-refractivity contribution in [3.05, 3.63) is 0 Å². The summed E-state index contributed by atoms with van der Waals surface area (Å²) in [5, 5.41) is 10.8. The van der Waals surface area contributed by atoms with Crippen LogP contribution in [-0.2, 0) is 0 Å². The number of rotatable bonds is 1. The molecule has 64 valence electrons. The molecule has 0 aromatic rings. The van der Waals surface area contributed by atoms with Gasteiger partial charge in [-0.25, -0.2) is 4.79 Å². The summed E-state index contributed by atoms with van der Waals surface area (Å²) < 4.78 is 0. The Balaban J connectivity index is 2.35. The SMILES string of the molecule is N[C@@H]1CCCC[C@@H]1NC(=O)O. The zero-order valence-corrected chi connectivity index (χ0v) is 6.42. The Morgan fingerprint density at radius 2 is 2.09 bits per heavy atom. The molecule has 0 spiro atoms. The molecule has 1 rings (SSSR count). The van der Waals surface area contributed by atoms with Gasteiger partial charge in [0.15, 0.2) is 0 Å². The standard InChI is InChI=1S/C7H14N2O2/c8-5-3-1-2-4-6(5)9-7(10)11/h5-6,9H,1-4,8H2,(H,10,11)/t5-,6+/m1/s1. The van der Waals surface area contributed by atoms with Crippen molar-refractivity contribution in [2.75, 3.05) is 0 Å². The summed E-state index contributed by atoms with van der Waals surface area (Å²) in [6.07, 6.45) is 3.06. The number of hydrogen-bond acceptors (Lipinski definition) is 2. The van der Waals surface area contributed by atoms with Crippen LogP contribution in [0, 0.1) is 0 Å². The highest BCUT2D eigenvalue weighted by molar-refractivity contribution is 5.64. The molecule has 0 radical (unpaired) electrons. The van der Waals surface area contributed by atoms with Crippen LogP contribution in [0.1, 0.15) is 25.7 Å². The third kappa shape index (κ3) is 2.38. The van der Waals surface area contributed by atoms with E-state index in [0.717, 1.165) is 25.7 Å². The first-order valence-electron chi connectivity index (χ1n) is 3.95. The van der Waals surface area contributed by atoms with Crippen LogP contribution < -0.4 is 11.1 Å². The van der Waals surface area contributed by atoms with Crippen molar-refractivity contribution >= 4 is 6.09 Å². The Morgan fingerprint density at radius 1 is 1.45 bits per heavy atom. The minimum Gasteiger partial charge on any atom is -0.465 e. The molecule has 0 aliphatic heterocycles. The fourth-order valence-electron chi connectivity index (χ4n) is 1.50. The molecular weight excluding hydrogens is 144 g/mol. The van der Waals surface area contributed by atoms with Crippen molar-refractivity contribution in [1.29, 1.82) is 0 Å². The van der Waals surface area contributed by atoms with Crippen LogP contribution in [0.3, 0.4) is 0 Å². The van der Waals surface area contributed by atoms with Crippen LogP contribution >= 0.6 is 0 Å². The van der Waals surface area contributed by atoms with Crippen LogP contribution in [-0.4, -0.2) is 23.3 Å². The predicted octanol–water partition coefficient (Wildman–Crippen LogP) is 0.524. The van der Waals surface area contributed by atoms with Gasteiger partial charge in [0, 0.05) is 12.1 Å². The Morgan fingerprint density at radius 3 is 2.64 bits per heavy atom. The van der Waals surface area contributed by atoms with E-state index in [1.807, 2.05) is 0 Å². The second-order valence-corrected chi connectivity index (χ2v) is 3.00. The molecule has 0 aromatic carbocycles. The molecule has 0 aromatic heterocycles. The van der Waals surface area contributed by atoms with E-state index in [0.29, 0.717) is 0 Å². The van der Waals surface area contributed by atoms with Crippen molar-refractivity contribution in [3.63, 3.8) is 0 Å². The maximum Gasteiger partial charge on any atom is 0.404 e. The number of amides is 1. The summed E-state index contributed by atoms with van der Waals surface area (Å²) in [6.45, 7) is 0. The van der Waals surface area contributed by atoms with Gasteiger partial charge in [0.25, 0.3) is 0 Å². The van der Waals surface area contributed by atoms with Crippen molar-refractivity contribution in [2.24, 2.45) is 5.73 Å². The van der Waals surface area contributed by atoms with Gasteiger partial charge in [-0.1, -0.05) is 12.8 Å². The highest BCUT2D eigenvalue weighted by Crippen LogP contribution is 2.16. The largest absolute Gasteiger partial charge is 0.465 e. The number of carbonyl (C=O) groups is 1. The summed E-state index contributed by atoms with van der Waals surface area (Å²) in [6, 6.07) is -0.0129. The topological polar surface area (TPSA) is 75.3 Å². The van der Waals surface area contributed by atoms with Gasteiger partial charge in [-0.05, 0) is 12.8 Å². The normalized spacial score (nSPS) is 31.4. The number of nitrogens with one attached hydrogen (secondary N) is 1. The van der Waals surface area contributed by atoms with Gasteiger partial charge in [0.2, 0.25) is 0 Å². The maximum atomic E-state index is 10.2. The van der Waals surface area contributed by atoms with Gasteiger partial charge in [-0.15, -0.1) is 0 Å². The Hall–Kier alpha value is -0.770. The van der Waals surface area contributed by atoms with E-state index in [1.165, 1.54) is 0 Å². The first-order valence-corrected chi connectivity index (χ1v) is 3.95. The molecule has 1 fully saturated rings. The van der Waals surface area contributed by atoms with Crippen molar-refractivity contribution in [2.45, 2.75) is 37.8 Å². The van der Waals surface area contributed by atoms with Gasteiger partial charge in [-0.2, -0.15) is 0 Å². The lowest BCUT2D eigenvalue weighted by Gasteiger charge is -2.27. The first-order chi connectivity index (χ1) is 5.20. The molecule has 4 heteroatoms. The molecular formula is C7H14N2O2. The Kier molecular flexibility index (Phi) is 2.70. The van der Waals surface area contributed by atoms with Crippen LogP contribution in [0.15, 0.2) is 0 Å². The summed E-state index contributed by atoms with van der Waals surface area (Å²) in [5.74, 6) is 0. The quantitative estimate of drug-likeness (QED) is 0.521. The molecule has 0 heterocycles. The van der Waals surface area contributed by atoms with Crippen LogP contribution in [0.4, 0.5) is 4.79 Å². The molecule has 0 unspecified atom stereocenters. The second kappa shape index (κ2) is 3.57.